The van der Waals surface area contributed by atoms with Gasteiger partial charge in [0, 0.05) is 23.4 Å². The zero-order valence-electron chi connectivity index (χ0n) is 17.7. The van der Waals surface area contributed by atoms with E-state index >= 15 is 0 Å². The number of hydrogen-bond donors (Lipinski definition) is 3. The Balaban J connectivity index is 1.86. The van der Waals surface area contributed by atoms with Crippen LogP contribution in [0.5, 0.6) is 5.75 Å². The number of hydrogen-bond acceptors (Lipinski definition) is 4. The van der Waals surface area contributed by atoms with Gasteiger partial charge in [0.05, 0.1) is 6.10 Å². The van der Waals surface area contributed by atoms with Gasteiger partial charge in [0.15, 0.2) is 5.11 Å². The molecule has 2 rings (SSSR count). The van der Waals surface area contributed by atoms with Crippen molar-refractivity contribution in [1.82, 2.24) is 10.6 Å². The minimum Gasteiger partial charge on any atom is -0.491 e. The quantitative estimate of drug-likeness (QED) is 0.405. The van der Waals surface area contributed by atoms with E-state index in [2.05, 4.69) is 29.8 Å². The fourth-order valence-electron chi connectivity index (χ4n) is 2.52. The Morgan fingerprint density at radius 1 is 0.967 bits per heavy atom. The smallest absolute Gasteiger partial charge is 0.257 e. The molecule has 0 aliphatic heterocycles. The average Bonchev–Trinajstić information content (AvgIpc) is 2.74. The maximum Gasteiger partial charge on any atom is 0.257 e. The molecule has 1 unspecified atom stereocenters. The highest BCUT2D eigenvalue weighted by molar-refractivity contribution is 7.80. The number of carbonyl (C=O) groups is 2. The Morgan fingerprint density at radius 3 is 2.17 bits per heavy atom. The van der Waals surface area contributed by atoms with Crippen molar-refractivity contribution in [3.05, 3.63) is 59.7 Å². The molecule has 0 aromatic heterocycles. The molecule has 0 bridgehead atoms. The predicted octanol–water partition coefficient (Wildman–Crippen LogP) is 4.52. The zero-order valence-corrected chi connectivity index (χ0v) is 18.5. The van der Waals surface area contributed by atoms with E-state index in [0.717, 1.165) is 25.0 Å². The van der Waals surface area contributed by atoms with E-state index in [1.165, 1.54) is 0 Å². The van der Waals surface area contributed by atoms with Crippen molar-refractivity contribution in [1.29, 1.82) is 0 Å². The molecule has 0 saturated heterocycles. The summed E-state index contributed by atoms with van der Waals surface area (Å²) in [5.74, 6) is 0.307. The van der Waals surface area contributed by atoms with Gasteiger partial charge in [0.25, 0.3) is 11.8 Å². The van der Waals surface area contributed by atoms with Crippen LogP contribution >= 0.6 is 12.2 Å². The molecule has 1 atom stereocenters. The van der Waals surface area contributed by atoms with E-state index in [4.69, 9.17) is 17.0 Å². The Hall–Kier alpha value is -2.93. The van der Waals surface area contributed by atoms with E-state index in [-0.39, 0.29) is 23.0 Å². The molecule has 0 fully saturated rings. The third kappa shape index (κ3) is 7.48. The number of benzene rings is 2. The summed E-state index contributed by atoms with van der Waals surface area (Å²) < 4.78 is 5.71. The molecular weight excluding hydrogens is 398 g/mol. The Kier molecular flexibility index (Phi) is 9.28. The highest BCUT2D eigenvalue weighted by Gasteiger charge is 2.10. The summed E-state index contributed by atoms with van der Waals surface area (Å²) in [6.07, 6.45) is 3.01. The van der Waals surface area contributed by atoms with Crippen LogP contribution in [-0.4, -0.2) is 29.6 Å². The first-order valence-electron chi connectivity index (χ1n) is 10.2. The lowest BCUT2D eigenvalue weighted by atomic mass is 10.2. The molecular formula is C23H29N3O3S. The van der Waals surface area contributed by atoms with Crippen molar-refractivity contribution in [3.8, 4) is 5.75 Å². The van der Waals surface area contributed by atoms with Gasteiger partial charge in [0.2, 0.25) is 0 Å². The molecule has 0 aliphatic rings. The van der Waals surface area contributed by atoms with Crippen LogP contribution in [-0.2, 0) is 0 Å². The lowest BCUT2D eigenvalue weighted by molar-refractivity contribution is 0.0950. The summed E-state index contributed by atoms with van der Waals surface area (Å²) in [6.45, 7) is 6.79. The molecule has 30 heavy (non-hydrogen) atoms. The van der Waals surface area contributed by atoms with Gasteiger partial charge in [0.1, 0.15) is 5.75 Å². The van der Waals surface area contributed by atoms with Gasteiger partial charge < -0.3 is 15.4 Å². The molecule has 0 radical (unpaired) electrons. The van der Waals surface area contributed by atoms with Crippen molar-refractivity contribution in [2.45, 2.75) is 46.1 Å². The summed E-state index contributed by atoms with van der Waals surface area (Å²) in [7, 11) is 0. The first-order chi connectivity index (χ1) is 14.4. The van der Waals surface area contributed by atoms with E-state index in [1.54, 1.807) is 48.5 Å². The lowest BCUT2D eigenvalue weighted by Crippen LogP contribution is -2.34. The second kappa shape index (κ2) is 11.9. The highest BCUT2D eigenvalue weighted by atomic mass is 32.1. The van der Waals surface area contributed by atoms with Crippen LogP contribution in [0.2, 0.25) is 0 Å². The largest absolute Gasteiger partial charge is 0.491 e. The van der Waals surface area contributed by atoms with Gasteiger partial charge in [-0.05, 0) is 80.5 Å². The molecule has 0 spiro atoms. The zero-order chi connectivity index (χ0) is 21.9. The van der Waals surface area contributed by atoms with Gasteiger partial charge in [-0.1, -0.05) is 20.3 Å². The summed E-state index contributed by atoms with van der Waals surface area (Å²) >= 11 is 5.22. The number of anilines is 1. The van der Waals surface area contributed by atoms with Crippen LogP contribution in [0.25, 0.3) is 0 Å². The predicted molar refractivity (Wildman–Crippen MR) is 124 cm³/mol. The first-order valence-corrected chi connectivity index (χ1v) is 10.6. The Bertz CT molecular complexity index is 851. The Labute approximate surface area is 183 Å². The second-order valence-corrected chi connectivity index (χ2v) is 7.36. The molecule has 3 N–H and O–H groups in total. The van der Waals surface area contributed by atoms with Gasteiger partial charge >= 0.3 is 0 Å². The monoisotopic (exact) mass is 427 g/mol. The van der Waals surface area contributed by atoms with Crippen LogP contribution in [0.15, 0.2) is 48.5 Å². The standard InChI is InChI=1S/C23H29N3O3S/c1-4-6-15-24-21(27)17-7-11-19(12-8-17)25-23(30)26-22(28)18-9-13-20(14-10-18)29-16(3)5-2/h7-14,16H,4-6,15H2,1-3H3,(H,24,27)(H2,25,26,28,30). The van der Waals surface area contributed by atoms with Gasteiger partial charge in [-0.25, -0.2) is 0 Å². The fraction of sp³-hybridized carbons (Fsp3) is 0.348. The number of rotatable bonds is 9. The minimum atomic E-state index is -0.311. The summed E-state index contributed by atoms with van der Waals surface area (Å²) in [5, 5.41) is 8.65. The number of thiocarbonyl (C=S) groups is 1. The van der Waals surface area contributed by atoms with Gasteiger partial charge in [-0.15, -0.1) is 0 Å². The van der Waals surface area contributed by atoms with E-state index in [9.17, 15) is 9.59 Å². The number of carbonyl (C=O) groups excluding carboxylic acids is 2. The molecule has 0 saturated carbocycles. The molecule has 0 heterocycles. The highest BCUT2D eigenvalue weighted by Crippen LogP contribution is 2.15. The summed E-state index contributed by atoms with van der Waals surface area (Å²) in [4.78, 5) is 24.4. The average molecular weight is 428 g/mol. The van der Waals surface area contributed by atoms with E-state index in [0.29, 0.717) is 23.4 Å². The van der Waals surface area contributed by atoms with Crippen molar-refractivity contribution >= 4 is 34.8 Å². The first kappa shape index (κ1) is 23.3. The third-order valence-corrected chi connectivity index (χ3v) is 4.68. The second-order valence-electron chi connectivity index (χ2n) is 6.96. The molecule has 7 heteroatoms. The van der Waals surface area contributed by atoms with Crippen molar-refractivity contribution < 1.29 is 14.3 Å². The molecule has 6 nitrogen and oxygen atoms in total. The SMILES string of the molecule is CCCCNC(=O)c1ccc(NC(=S)NC(=O)c2ccc(OC(C)CC)cc2)cc1. The fourth-order valence-corrected chi connectivity index (χ4v) is 2.73. The lowest BCUT2D eigenvalue weighted by Gasteiger charge is -2.13. The minimum absolute atomic E-state index is 0.105. The van der Waals surface area contributed by atoms with Crippen molar-refractivity contribution in [2.75, 3.05) is 11.9 Å². The third-order valence-electron chi connectivity index (χ3n) is 4.48. The normalized spacial score (nSPS) is 11.3. The van der Waals surface area contributed by atoms with Crippen molar-refractivity contribution in [2.24, 2.45) is 0 Å². The van der Waals surface area contributed by atoms with Gasteiger partial charge in [-0.2, -0.15) is 0 Å². The van der Waals surface area contributed by atoms with Crippen LogP contribution in [0, 0.1) is 0 Å². The van der Waals surface area contributed by atoms with E-state index in [1.807, 2.05) is 6.92 Å². The number of nitrogens with one attached hydrogen (secondary N) is 3. The molecule has 0 aliphatic carbocycles. The topological polar surface area (TPSA) is 79.5 Å². The molecule has 160 valence electrons. The summed E-state index contributed by atoms with van der Waals surface area (Å²) in [5.41, 5.74) is 1.74. The molecule has 2 amide bonds. The maximum atomic E-state index is 12.4. The van der Waals surface area contributed by atoms with Crippen LogP contribution in [0.1, 0.15) is 60.7 Å². The van der Waals surface area contributed by atoms with Crippen LogP contribution in [0.4, 0.5) is 5.69 Å². The van der Waals surface area contributed by atoms with Crippen LogP contribution < -0.4 is 20.7 Å². The molecule has 2 aromatic carbocycles. The maximum absolute atomic E-state index is 12.4. The van der Waals surface area contributed by atoms with Gasteiger partial charge in [-0.3, -0.25) is 14.9 Å². The summed E-state index contributed by atoms with van der Waals surface area (Å²) in [6, 6.07) is 13.8. The van der Waals surface area contributed by atoms with Crippen LogP contribution in [0.3, 0.4) is 0 Å². The number of amides is 2. The Morgan fingerprint density at radius 2 is 1.57 bits per heavy atom. The number of ether oxygens (including phenoxy) is 1. The van der Waals surface area contributed by atoms with E-state index < -0.39 is 0 Å². The number of unbranched alkanes of at least 4 members (excludes halogenated alkanes) is 1. The van der Waals surface area contributed by atoms with Crippen molar-refractivity contribution in [3.63, 3.8) is 0 Å². The molecule has 2 aromatic rings.